The van der Waals surface area contributed by atoms with Crippen LogP contribution in [0.2, 0.25) is 0 Å². The van der Waals surface area contributed by atoms with Crippen molar-refractivity contribution < 1.29 is 9.53 Å². The summed E-state index contributed by atoms with van der Waals surface area (Å²) in [5, 5.41) is 11.3. The summed E-state index contributed by atoms with van der Waals surface area (Å²) in [6.07, 6.45) is 6.70. The highest BCUT2D eigenvalue weighted by Crippen LogP contribution is 2.34. The standard InChI is InChI=1S/C22H26N4O2.C2H6/c1-13(23)16-10-17-15(7-6-8-19-18(17)11-24-14(2)26-19)9-20(16)25-12-21(27)28-22(3,4)5;1-2/h6-7,9-11,23,25H,8,12H2,1-5H3;1-2H3. The first-order valence-electron chi connectivity index (χ1n) is 10.3. The molecule has 0 amide bonds. The zero-order chi connectivity index (χ0) is 22.5. The van der Waals surface area contributed by atoms with Gasteiger partial charge in [-0.05, 0) is 57.9 Å². The van der Waals surface area contributed by atoms with E-state index in [2.05, 4.69) is 21.4 Å². The molecule has 0 saturated heterocycles. The summed E-state index contributed by atoms with van der Waals surface area (Å²) < 4.78 is 5.36. The number of anilines is 1. The van der Waals surface area contributed by atoms with Gasteiger partial charge in [0.1, 0.15) is 18.0 Å². The minimum absolute atomic E-state index is 0.0406. The summed E-state index contributed by atoms with van der Waals surface area (Å²) in [6, 6.07) is 3.95. The molecule has 1 aromatic carbocycles. The second-order valence-corrected chi connectivity index (χ2v) is 7.93. The molecule has 6 nitrogen and oxygen atoms in total. The van der Waals surface area contributed by atoms with Crippen molar-refractivity contribution in [3.63, 3.8) is 0 Å². The highest BCUT2D eigenvalue weighted by Gasteiger charge is 2.19. The number of hydrogen-bond acceptors (Lipinski definition) is 6. The van der Waals surface area contributed by atoms with E-state index < -0.39 is 5.60 Å². The number of fused-ring (bicyclic) bond motifs is 3. The zero-order valence-corrected chi connectivity index (χ0v) is 19.0. The Labute approximate surface area is 179 Å². The number of ether oxygens (including phenoxy) is 1. The van der Waals surface area contributed by atoms with Crippen molar-refractivity contribution in [2.45, 2.75) is 60.5 Å². The highest BCUT2D eigenvalue weighted by atomic mass is 16.6. The summed E-state index contributed by atoms with van der Waals surface area (Å²) in [5.74, 6) is 0.412. The minimum atomic E-state index is -0.530. The van der Waals surface area contributed by atoms with Gasteiger partial charge in [0.15, 0.2) is 0 Å². The highest BCUT2D eigenvalue weighted by molar-refractivity contribution is 6.04. The molecule has 0 unspecified atom stereocenters. The fraction of sp³-hybridized carbons (Fsp3) is 0.417. The van der Waals surface area contributed by atoms with Crippen LogP contribution in [0, 0.1) is 12.3 Å². The minimum Gasteiger partial charge on any atom is -0.459 e. The van der Waals surface area contributed by atoms with Crippen LogP contribution in [0.3, 0.4) is 0 Å². The molecule has 3 rings (SSSR count). The molecule has 2 N–H and O–H groups in total. The Morgan fingerprint density at radius 3 is 2.57 bits per heavy atom. The maximum atomic E-state index is 12.1. The van der Waals surface area contributed by atoms with Gasteiger partial charge in [0.05, 0.1) is 5.69 Å². The molecular weight excluding hydrogens is 376 g/mol. The molecule has 2 aromatic rings. The topological polar surface area (TPSA) is 88.0 Å². The number of benzene rings is 1. The van der Waals surface area contributed by atoms with Gasteiger partial charge in [0.2, 0.25) is 0 Å². The number of carbonyl (C=O) groups is 1. The van der Waals surface area contributed by atoms with E-state index in [1.807, 2.05) is 65.9 Å². The Morgan fingerprint density at radius 1 is 1.23 bits per heavy atom. The van der Waals surface area contributed by atoms with Crippen LogP contribution >= 0.6 is 0 Å². The molecule has 0 aliphatic heterocycles. The molecule has 30 heavy (non-hydrogen) atoms. The van der Waals surface area contributed by atoms with Gasteiger partial charge in [-0.2, -0.15) is 0 Å². The van der Waals surface area contributed by atoms with Crippen molar-refractivity contribution in [1.29, 1.82) is 5.41 Å². The van der Waals surface area contributed by atoms with E-state index in [0.717, 1.165) is 45.9 Å². The smallest absolute Gasteiger partial charge is 0.325 e. The maximum absolute atomic E-state index is 12.1. The van der Waals surface area contributed by atoms with Gasteiger partial charge in [-0.15, -0.1) is 0 Å². The van der Waals surface area contributed by atoms with Crippen LogP contribution in [0.1, 0.15) is 64.2 Å². The number of aryl methyl sites for hydroxylation is 1. The van der Waals surface area contributed by atoms with Gasteiger partial charge in [0, 0.05) is 35.1 Å². The Hall–Kier alpha value is -3.02. The predicted molar refractivity (Wildman–Crippen MR) is 123 cm³/mol. The molecule has 0 saturated carbocycles. The van der Waals surface area contributed by atoms with Crippen LogP contribution in [0.5, 0.6) is 0 Å². The fourth-order valence-electron chi connectivity index (χ4n) is 3.18. The Bertz CT molecular complexity index is 972. The second-order valence-electron chi connectivity index (χ2n) is 7.93. The number of allylic oxidation sites excluding steroid dienone is 1. The quantitative estimate of drug-likeness (QED) is 0.537. The van der Waals surface area contributed by atoms with Crippen LogP contribution in [0.4, 0.5) is 5.69 Å². The molecule has 1 heterocycles. The monoisotopic (exact) mass is 408 g/mol. The van der Waals surface area contributed by atoms with Crippen LogP contribution in [-0.2, 0) is 16.0 Å². The molecule has 1 aliphatic carbocycles. The molecule has 0 radical (unpaired) electrons. The van der Waals surface area contributed by atoms with Crippen molar-refractivity contribution >= 4 is 23.4 Å². The van der Waals surface area contributed by atoms with Gasteiger partial charge in [-0.1, -0.05) is 26.0 Å². The lowest BCUT2D eigenvalue weighted by Crippen LogP contribution is -2.28. The van der Waals surface area contributed by atoms with E-state index in [0.29, 0.717) is 5.71 Å². The first kappa shape index (κ1) is 23.3. The van der Waals surface area contributed by atoms with Crippen LogP contribution in [0.15, 0.2) is 24.4 Å². The Kier molecular flexibility index (Phi) is 7.48. The largest absolute Gasteiger partial charge is 0.459 e. The van der Waals surface area contributed by atoms with Crippen molar-refractivity contribution in [1.82, 2.24) is 9.97 Å². The molecule has 0 atom stereocenters. The number of carbonyl (C=O) groups excluding carboxylic acids is 1. The van der Waals surface area contributed by atoms with Crippen LogP contribution < -0.4 is 5.32 Å². The molecule has 0 fully saturated rings. The number of nitrogens with one attached hydrogen (secondary N) is 2. The lowest BCUT2D eigenvalue weighted by molar-refractivity contribution is -0.152. The van der Waals surface area contributed by atoms with E-state index in [1.54, 1.807) is 6.92 Å². The van der Waals surface area contributed by atoms with E-state index in [-0.39, 0.29) is 12.5 Å². The number of aromatic nitrogens is 2. The summed E-state index contributed by atoms with van der Waals surface area (Å²) >= 11 is 0. The van der Waals surface area contributed by atoms with E-state index in [4.69, 9.17) is 10.1 Å². The average molecular weight is 409 g/mol. The van der Waals surface area contributed by atoms with Crippen molar-refractivity contribution in [2.75, 3.05) is 11.9 Å². The van der Waals surface area contributed by atoms with Crippen LogP contribution in [-0.4, -0.2) is 33.8 Å². The lowest BCUT2D eigenvalue weighted by Gasteiger charge is -2.21. The van der Waals surface area contributed by atoms with Crippen molar-refractivity contribution in [2.24, 2.45) is 0 Å². The lowest BCUT2D eigenvalue weighted by atomic mass is 9.95. The third-order valence-corrected chi connectivity index (χ3v) is 4.32. The summed E-state index contributed by atoms with van der Waals surface area (Å²) in [4.78, 5) is 21.0. The molecule has 0 bridgehead atoms. The third-order valence-electron chi connectivity index (χ3n) is 4.32. The molecule has 0 spiro atoms. The SMILES string of the molecule is CC.CC(=N)c1cc2c(cc1NCC(=O)OC(C)(C)C)C=CCc1nc(C)ncc1-2. The Morgan fingerprint density at radius 2 is 1.93 bits per heavy atom. The molecule has 1 aromatic heterocycles. The van der Waals surface area contributed by atoms with Gasteiger partial charge in [0.25, 0.3) is 0 Å². The predicted octanol–water partition coefficient (Wildman–Crippen LogP) is 5.19. The average Bonchev–Trinajstić information content (AvgIpc) is 2.84. The van der Waals surface area contributed by atoms with E-state index in [1.165, 1.54) is 0 Å². The first-order chi connectivity index (χ1) is 14.1. The normalized spacial score (nSPS) is 12.0. The van der Waals surface area contributed by atoms with E-state index in [9.17, 15) is 4.79 Å². The van der Waals surface area contributed by atoms with Gasteiger partial charge in [-0.3, -0.25) is 4.79 Å². The number of esters is 1. The molecular formula is C24H32N4O2. The van der Waals surface area contributed by atoms with E-state index >= 15 is 0 Å². The van der Waals surface area contributed by atoms with Gasteiger partial charge < -0.3 is 15.5 Å². The summed E-state index contributed by atoms with van der Waals surface area (Å²) in [6.45, 7) is 13.2. The third kappa shape index (κ3) is 5.75. The van der Waals surface area contributed by atoms with Crippen molar-refractivity contribution in [3.05, 3.63) is 47.1 Å². The zero-order valence-electron chi connectivity index (χ0n) is 19.0. The van der Waals surface area contributed by atoms with Gasteiger partial charge >= 0.3 is 5.97 Å². The molecule has 6 heteroatoms. The summed E-state index contributed by atoms with van der Waals surface area (Å²) in [7, 11) is 0. The number of hydrogen-bond donors (Lipinski definition) is 2. The Balaban J connectivity index is 0.00000155. The first-order valence-corrected chi connectivity index (χ1v) is 10.3. The fourth-order valence-corrected chi connectivity index (χ4v) is 3.18. The maximum Gasteiger partial charge on any atom is 0.325 e. The number of rotatable bonds is 4. The van der Waals surface area contributed by atoms with Gasteiger partial charge in [-0.25, -0.2) is 9.97 Å². The summed E-state index contributed by atoms with van der Waals surface area (Å²) in [5.41, 5.74) is 5.31. The number of nitrogens with zero attached hydrogens (tertiary/aromatic N) is 2. The molecule has 1 aliphatic rings. The van der Waals surface area contributed by atoms with Crippen LogP contribution in [0.25, 0.3) is 17.2 Å². The molecule has 160 valence electrons. The second kappa shape index (κ2) is 9.65. The van der Waals surface area contributed by atoms with Crippen molar-refractivity contribution in [3.8, 4) is 11.1 Å².